The third kappa shape index (κ3) is 12.9. The van der Waals surface area contributed by atoms with E-state index < -0.39 is 23.2 Å². The van der Waals surface area contributed by atoms with Crippen LogP contribution in [0.3, 0.4) is 0 Å². The molecule has 2 atom stereocenters. The first kappa shape index (κ1) is 34.2. The molecule has 0 fully saturated rings. The summed E-state index contributed by atoms with van der Waals surface area (Å²) in [4.78, 5) is 0. The van der Waals surface area contributed by atoms with Crippen molar-refractivity contribution in [1.29, 1.82) is 0 Å². The van der Waals surface area contributed by atoms with Crippen LogP contribution >= 0.6 is 0 Å². The fourth-order valence-corrected chi connectivity index (χ4v) is 2.58. The third-order valence-electron chi connectivity index (χ3n) is 5.46. The number of halogens is 3. The van der Waals surface area contributed by atoms with Crippen molar-refractivity contribution in [3.05, 3.63) is 122 Å². The van der Waals surface area contributed by atoms with Gasteiger partial charge in [0.05, 0.1) is 6.61 Å². The molecule has 35 heavy (non-hydrogen) atoms. The van der Waals surface area contributed by atoms with E-state index in [0.717, 1.165) is 19.3 Å². The Morgan fingerprint density at radius 1 is 0.800 bits per heavy atom. The Labute approximate surface area is 211 Å². The molecule has 0 aliphatic carbocycles. The first-order valence-corrected chi connectivity index (χ1v) is 11.8. The van der Waals surface area contributed by atoms with Crippen molar-refractivity contribution >= 4 is 0 Å². The maximum Gasteiger partial charge on any atom is 0.200 e. The highest BCUT2D eigenvalue weighted by Gasteiger charge is 2.16. The zero-order valence-corrected chi connectivity index (χ0v) is 22.1. The second-order valence-electron chi connectivity index (χ2n) is 8.30. The molecule has 0 aromatic carbocycles. The Balaban J connectivity index is 0. The summed E-state index contributed by atoms with van der Waals surface area (Å²) in [5.74, 6) is -2.68. The molecule has 194 valence electrons. The Kier molecular flexibility index (Phi) is 17.9. The maximum absolute atomic E-state index is 14.6. The molecule has 0 radical (unpaired) electrons. The minimum Gasteiger partial charge on any atom is -0.491 e. The van der Waals surface area contributed by atoms with Gasteiger partial charge in [-0.15, -0.1) is 13.2 Å². The van der Waals surface area contributed by atoms with E-state index in [1.54, 1.807) is 0 Å². The maximum atomic E-state index is 14.6. The molecule has 0 bridgehead atoms. The van der Waals surface area contributed by atoms with Gasteiger partial charge in [0.15, 0.2) is 11.6 Å². The van der Waals surface area contributed by atoms with Crippen molar-refractivity contribution < 1.29 is 17.9 Å². The zero-order valence-electron chi connectivity index (χ0n) is 22.1. The van der Waals surface area contributed by atoms with Crippen LogP contribution in [0.4, 0.5) is 13.2 Å². The fraction of sp³-hybridized carbons (Fsp3) is 0.355. The second-order valence-corrected chi connectivity index (χ2v) is 8.30. The number of rotatable bonds is 16. The van der Waals surface area contributed by atoms with Crippen molar-refractivity contribution in [1.82, 2.24) is 0 Å². The van der Waals surface area contributed by atoms with Gasteiger partial charge in [-0.25, -0.2) is 8.78 Å². The normalized spacial score (nSPS) is 13.6. The number of hydrogen-bond acceptors (Lipinski definition) is 1. The van der Waals surface area contributed by atoms with Gasteiger partial charge in [-0.3, -0.25) is 0 Å². The molecular weight excluding hydrogens is 445 g/mol. The largest absolute Gasteiger partial charge is 0.491 e. The summed E-state index contributed by atoms with van der Waals surface area (Å²) in [5.41, 5.74) is 1.00. The van der Waals surface area contributed by atoms with Gasteiger partial charge in [0.1, 0.15) is 5.83 Å². The molecule has 0 aromatic rings. The molecule has 0 N–H and O–H groups in total. The van der Waals surface area contributed by atoms with Crippen LogP contribution in [0.5, 0.6) is 0 Å². The molecule has 0 amide bonds. The topological polar surface area (TPSA) is 9.23 Å². The van der Waals surface area contributed by atoms with Gasteiger partial charge in [0.25, 0.3) is 0 Å². The van der Waals surface area contributed by atoms with E-state index in [0.29, 0.717) is 29.1 Å². The van der Waals surface area contributed by atoms with E-state index in [4.69, 9.17) is 4.74 Å². The van der Waals surface area contributed by atoms with Crippen LogP contribution in [0.25, 0.3) is 0 Å². The van der Waals surface area contributed by atoms with Crippen LogP contribution in [0.15, 0.2) is 122 Å². The Hall–Kier alpha value is -3.01. The van der Waals surface area contributed by atoms with Gasteiger partial charge in [-0.1, -0.05) is 92.2 Å². The fourth-order valence-electron chi connectivity index (χ4n) is 2.58. The Bertz CT molecular complexity index is 883. The van der Waals surface area contributed by atoms with Crippen molar-refractivity contribution in [2.45, 2.75) is 53.4 Å². The average Bonchev–Trinajstić information content (AvgIpc) is 2.87. The average molecular weight is 489 g/mol. The van der Waals surface area contributed by atoms with Gasteiger partial charge >= 0.3 is 0 Å². The minimum absolute atomic E-state index is 0.00988. The summed E-state index contributed by atoms with van der Waals surface area (Å²) >= 11 is 0. The molecule has 0 heterocycles. The summed E-state index contributed by atoms with van der Waals surface area (Å²) in [5, 5.41) is 0. The lowest BCUT2D eigenvalue weighted by Crippen LogP contribution is -2.03. The lowest BCUT2D eigenvalue weighted by molar-refractivity contribution is 0.208. The van der Waals surface area contributed by atoms with Crippen molar-refractivity contribution in [2.24, 2.45) is 11.8 Å². The van der Waals surface area contributed by atoms with Crippen LogP contribution in [0.2, 0.25) is 0 Å². The minimum atomic E-state index is -1.22. The summed E-state index contributed by atoms with van der Waals surface area (Å²) in [7, 11) is 0. The van der Waals surface area contributed by atoms with E-state index in [-0.39, 0.29) is 23.7 Å². The lowest BCUT2D eigenvalue weighted by Gasteiger charge is -2.16. The predicted octanol–water partition coefficient (Wildman–Crippen LogP) is 10.5. The molecule has 1 nitrogen and oxygen atoms in total. The van der Waals surface area contributed by atoms with Crippen LogP contribution in [0.1, 0.15) is 53.4 Å². The summed E-state index contributed by atoms with van der Waals surface area (Å²) in [6.07, 6.45) is 7.77. The van der Waals surface area contributed by atoms with Crippen LogP contribution in [-0.4, -0.2) is 6.61 Å². The van der Waals surface area contributed by atoms with Gasteiger partial charge in [0, 0.05) is 5.57 Å². The highest BCUT2D eigenvalue weighted by atomic mass is 19.2. The SMILES string of the molecule is C=C.C=C(/C=C\C(=C)C(=C)/C(F)=C(/F)C(=C)OCCC)C(=C)/C=C(/F)C(=C)C(C)CCC(C)CC. The molecular formula is C31H43F3O. The van der Waals surface area contributed by atoms with E-state index in [1.165, 1.54) is 18.2 Å². The van der Waals surface area contributed by atoms with E-state index in [2.05, 4.69) is 66.5 Å². The monoisotopic (exact) mass is 488 g/mol. The van der Waals surface area contributed by atoms with Crippen molar-refractivity contribution in [3.8, 4) is 0 Å². The quantitative estimate of drug-likeness (QED) is 0.119. The van der Waals surface area contributed by atoms with E-state index in [1.807, 2.05) is 13.8 Å². The summed E-state index contributed by atoms with van der Waals surface area (Å²) < 4.78 is 48.1. The third-order valence-corrected chi connectivity index (χ3v) is 5.46. The molecule has 0 aliphatic rings. The van der Waals surface area contributed by atoms with Crippen LogP contribution in [-0.2, 0) is 4.74 Å². The van der Waals surface area contributed by atoms with Crippen molar-refractivity contribution in [2.75, 3.05) is 6.61 Å². The number of allylic oxidation sites excluding steroid dienone is 11. The summed E-state index contributed by atoms with van der Waals surface area (Å²) in [6.45, 7) is 36.5. The molecule has 0 aromatic heterocycles. The Morgan fingerprint density at radius 3 is 1.86 bits per heavy atom. The van der Waals surface area contributed by atoms with Gasteiger partial charge in [-0.2, -0.15) is 4.39 Å². The predicted molar refractivity (Wildman–Crippen MR) is 148 cm³/mol. The smallest absolute Gasteiger partial charge is 0.200 e. The highest BCUT2D eigenvalue weighted by molar-refractivity contribution is 5.52. The van der Waals surface area contributed by atoms with E-state index >= 15 is 0 Å². The molecule has 0 rings (SSSR count). The molecule has 4 heteroatoms. The first-order valence-electron chi connectivity index (χ1n) is 11.8. The first-order chi connectivity index (χ1) is 16.4. The number of ether oxygens (including phenoxy) is 1. The second kappa shape index (κ2) is 18.3. The molecule has 2 unspecified atom stereocenters. The lowest BCUT2D eigenvalue weighted by atomic mass is 9.91. The summed E-state index contributed by atoms with van der Waals surface area (Å²) in [6, 6.07) is 0. The zero-order chi connectivity index (χ0) is 27.7. The standard InChI is InChI=1S/C29H39F3O.C2H4/c1-11-17-33-26(10)29(32)28(31)25(9)22(6)16-15-20(4)23(7)18-27(30)24(8)21(5)14-13-19(3)12-2;1-2/h15-16,18-19,21H,4,6-14,17H2,1-3,5H3;1-2H2/b16-15-,27-18+,29-28-;. The van der Waals surface area contributed by atoms with E-state index in [9.17, 15) is 13.2 Å². The van der Waals surface area contributed by atoms with Gasteiger partial charge < -0.3 is 4.74 Å². The van der Waals surface area contributed by atoms with Gasteiger partial charge in [0.2, 0.25) is 5.83 Å². The van der Waals surface area contributed by atoms with Crippen LogP contribution < -0.4 is 0 Å². The van der Waals surface area contributed by atoms with Crippen molar-refractivity contribution in [3.63, 3.8) is 0 Å². The van der Waals surface area contributed by atoms with Gasteiger partial charge in [-0.05, 0) is 53.0 Å². The number of hydrogen-bond donors (Lipinski definition) is 0. The molecule has 0 saturated heterocycles. The Morgan fingerprint density at radius 2 is 1.34 bits per heavy atom. The molecule has 0 aliphatic heterocycles. The highest BCUT2D eigenvalue weighted by Crippen LogP contribution is 2.29. The molecule has 0 saturated carbocycles. The van der Waals surface area contributed by atoms with Crippen LogP contribution in [0, 0.1) is 11.8 Å². The molecule has 0 spiro atoms.